The van der Waals surface area contributed by atoms with Crippen LogP contribution in [0.2, 0.25) is 0 Å². The number of hydrogen-bond acceptors (Lipinski definition) is 2. The topological polar surface area (TPSA) is 24.9 Å². The van der Waals surface area contributed by atoms with E-state index in [2.05, 4.69) is 10.3 Å². The van der Waals surface area contributed by atoms with E-state index in [0.29, 0.717) is 16.6 Å². The van der Waals surface area contributed by atoms with Gasteiger partial charge in [-0.25, -0.2) is 8.78 Å². The molecule has 0 atom stereocenters. The fourth-order valence-corrected chi connectivity index (χ4v) is 2.07. The van der Waals surface area contributed by atoms with E-state index in [9.17, 15) is 8.78 Å². The zero-order valence-corrected chi connectivity index (χ0v) is 12.3. The van der Waals surface area contributed by atoms with Crippen molar-refractivity contribution in [3.05, 3.63) is 35.5 Å². The van der Waals surface area contributed by atoms with Crippen molar-refractivity contribution in [3.63, 3.8) is 0 Å². The summed E-state index contributed by atoms with van der Waals surface area (Å²) in [5.74, 6) is -1.18. The van der Waals surface area contributed by atoms with E-state index in [1.165, 1.54) is 6.07 Å². The van der Waals surface area contributed by atoms with Crippen LogP contribution >= 0.6 is 0 Å². The molecule has 0 aliphatic carbocycles. The number of benzene rings is 1. The monoisotopic (exact) mass is 278 g/mol. The molecular weight excluding hydrogens is 258 g/mol. The van der Waals surface area contributed by atoms with Crippen molar-refractivity contribution in [2.75, 3.05) is 11.9 Å². The molecule has 4 heteroatoms. The molecule has 0 saturated heterocycles. The van der Waals surface area contributed by atoms with Crippen LogP contribution in [0, 0.1) is 11.6 Å². The lowest BCUT2D eigenvalue weighted by atomic mass is 9.90. The van der Waals surface area contributed by atoms with E-state index in [1.54, 1.807) is 0 Å². The van der Waals surface area contributed by atoms with Crippen molar-refractivity contribution in [1.29, 1.82) is 0 Å². The maximum atomic E-state index is 14.0. The molecule has 1 aromatic heterocycles. The van der Waals surface area contributed by atoms with Gasteiger partial charge in [0.25, 0.3) is 0 Å². The molecule has 1 heterocycles. The van der Waals surface area contributed by atoms with Gasteiger partial charge in [0.15, 0.2) is 0 Å². The van der Waals surface area contributed by atoms with E-state index in [-0.39, 0.29) is 5.41 Å². The first-order valence-electron chi connectivity index (χ1n) is 6.87. The van der Waals surface area contributed by atoms with Gasteiger partial charge in [0, 0.05) is 35.5 Å². The highest BCUT2D eigenvalue weighted by molar-refractivity contribution is 5.92. The predicted octanol–water partition coefficient (Wildman–Crippen LogP) is 4.63. The maximum Gasteiger partial charge on any atom is 0.137 e. The standard InChI is InChI=1S/C16H20F2N2/c1-5-6-19-12-9-14(16(2,3)4)20-13-8-10(17)7-11(18)15(12)13/h7-9H,5-6H2,1-4H3,(H,19,20). The molecule has 0 amide bonds. The van der Waals surface area contributed by atoms with E-state index in [0.717, 1.165) is 24.7 Å². The SMILES string of the molecule is CCCNc1cc(C(C)(C)C)nc2cc(F)cc(F)c12. The molecule has 0 aliphatic heterocycles. The Morgan fingerprint density at radius 2 is 1.85 bits per heavy atom. The molecule has 2 rings (SSSR count). The molecule has 20 heavy (non-hydrogen) atoms. The fourth-order valence-electron chi connectivity index (χ4n) is 2.07. The van der Waals surface area contributed by atoms with Crippen molar-refractivity contribution >= 4 is 16.6 Å². The maximum absolute atomic E-state index is 14.0. The molecule has 0 unspecified atom stereocenters. The quantitative estimate of drug-likeness (QED) is 0.885. The smallest absolute Gasteiger partial charge is 0.137 e. The minimum Gasteiger partial charge on any atom is -0.384 e. The number of hydrogen-bond donors (Lipinski definition) is 1. The number of rotatable bonds is 3. The van der Waals surface area contributed by atoms with Crippen LogP contribution in [0.15, 0.2) is 18.2 Å². The van der Waals surface area contributed by atoms with Crippen molar-refractivity contribution < 1.29 is 8.78 Å². The van der Waals surface area contributed by atoms with Crippen LogP contribution in [0.5, 0.6) is 0 Å². The third-order valence-electron chi connectivity index (χ3n) is 3.16. The van der Waals surface area contributed by atoms with Gasteiger partial charge in [0.1, 0.15) is 11.6 Å². The average molecular weight is 278 g/mol. The van der Waals surface area contributed by atoms with Gasteiger partial charge in [-0.3, -0.25) is 4.98 Å². The lowest BCUT2D eigenvalue weighted by Crippen LogP contribution is -2.15. The molecule has 0 spiro atoms. The van der Waals surface area contributed by atoms with Crippen LogP contribution < -0.4 is 5.32 Å². The molecule has 0 fully saturated rings. The Morgan fingerprint density at radius 3 is 2.45 bits per heavy atom. The second kappa shape index (κ2) is 5.35. The first kappa shape index (κ1) is 14.7. The van der Waals surface area contributed by atoms with Crippen molar-refractivity contribution in [2.45, 2.75) is 39.5 Å². The van der Waals surface area contributed by atoms with Gasteiger partial charge in [-0.1, -0.05) is 27.7 Å². The summed E-state index contributed by atoms with van der Waals surface area (Å²) in [6, 6.07) is 4.04. The van der Waals surface area contributed by atoms with Crippen LogP contribution in [0.3, 0.4) is 0 Å². The second-order valence-electron chi connectivity index (χ2n) is 6.01. The highest BCUT2D eigenvalue weighted by Gasteiger charge is 2.19. The van der Waals surface area contributed by atoms with Gasteiger partial charge in [-0.2, -0.15) is 0 Å². The molecule has 1 aromatic carbocycles. The minimum atomic E-state index is -0.602. The number of fused-ring (bicyclic) bond motifs is 1. The summed E-state index contributed by atoms with van der Waals surface area (Å²) < 4.78 is 27.5. The number of anilines is 1. The Kier molecular flexibility index (Phi) is 3.93. The van der Waals surface area contributed by atoms with E-state index < -0.39 is 11.6 Å². The molecule has 0 radical (unpaired) electrons. The van der Waals surface area contributed by atoms with Gasteiger partial charge in [0.05, 0.1) is 10.9 Å². The first-order chi connectivity index (χ1) is 9.32. The summed E-state index contributed by atoms with van der Waals surface area (Å²) in [6.07, 6.45) is 0.928. The number of halogens is 2. The summed E-state index contributed by atoms with van der Waals surface area (Å²) in [7, 11) is 0. The summed E-state index contributed by atoms with van der Waals surface area (Å²) in [5, 5.41) is 3.56. The molecule has 1 N–H and O–H groups in total. The molecule has 108 valence electrons. The number of nitrogens with one attached hydrogen (secondary N) is 1. The highest BCUT2D eigenvalue weighted by atomic mass is 19.1. The Hall–Kier alpha value is -1.71. The zero-order valence-electron chi connectivity index (χ0n) is 12.3. The molecule has 2 nitrogen and oxygen atoms in total. The number of nitrogens with zero attached hydrogens (tertiary/aromatic N) is 1. The van der Waals surface area contributed by atoms with E-state index >= 15 is 0 Å². The van der Waals surface area contributed by atoms with Gasteiger partial charge < -0.3 is 5.32 Å². The highest BCUT2D eigenvalue weighted by Crippen LogP contribution is 2.31. The van der Waals surface area contributed by atoms with Crippen molar-refractivity contribution in [2.24, 2.45) is 0 Å². The lowest BCUT2D eigenvalue weighted by molar-refractivity contribution is 0.569. The average Bonchev–Trinajstić information content (AvgIpc) is 2.33. The lowest BCUT2D eigenvalue weighted by Gasteiger charge is -2.20. The number of pyridine rings is 1. The molecular formula is C16H20F2N2. The zero-order chi connectivity index (χ0) is 14.9. The van der Waals surface area contributed by atoms with Crippen LogP contribution in [0.4, 0.5) is 14.5 Å². The Balaban J connectivity index is 2.71. The third-order valence-corrected chi connectivity index (χ3v) is 3.16. The summed E-state index contributed by atoms with van der Waals surface area (Å²) >= 11 is 0. The normalized spacial score (nSPS) is 11.9. The van der Waals surface area contributed by atoms with Gasteiger partial charge in [0.2, 0.25) is 0 Å². The summed E-state index contributed by atoms with van der Waals surface area (Å²) in [4.78, 5) is 4.42. The molecule has 0 saturated carbocycles. The number of aromatic nitrogens is 1. The minimum absolute atomic E-state index is 0.181. The van der Waals surface area contributed by atoms with Gasteiger partial charge >= 0.3 is 0 Å². The van der Waals surface area contributed by atoms with Crippen LogP contribution in [0.1, 0.15) is 39.8 Å². The van der Waals surface area contributed by atoms with E-state index in [1.807, 2.05) is 33.8 Å². The van der Waals surface area contributed by atoms with Gasteiger partial charge in [-0.05, 0) is 12.5 Å². The Morgan fingerprint density at radius 1 is 1.15 bits per heavy atom. The summed E-state index contributed by atoms with van der Waals surface area (Å²) in [6.45, 7) is 8.86. The first-order valence-corrected chi connectivity index (χ1v) is 6.87. The van der Waals surface area contributed by atoms with Crippen LogP contribution in [-0.4, -0.2) is 11.5 Å². The molecule has 0 bridgehead atoms. The largest absolute Gasteiger partial charge is 0.384 e. The van der Waals surface area contributed by atoms with E-state index in [4.69, 9.17) is 0 Å². The Bertz CT molecular complexity index is 630. The predicted molar refractivity (Wildman–Crippen MR) is 79.1 cm³/mol. The van der Waals surface area contributed by atoms with Crippen molar-refractivity contribution in [1.82, 2.24) is 4.98 Å². The summed E-state index contributed by atoms with van der Waals surface area (Å²) in [5.41, 5.74) is 1.67. The Labute approximate surface area is 118 Å². The van der Waals surface area contributed by atoms with Crippen LogP contribution in [-0.2, 0) is 5.41 Å². The fraction of sp³-hybridized carbons (Fsp3) is 0.438. The van der Waals surface area contributed by atoms with Gasteiger partial charge in [-0.15, -0.1) is 0 Å². The van der Waals surface area contributed by atoms with Crippen LogP contribution in [0.25, 0.3) is 10.9 Å². The second-order valence-corrected chi connectivity index (χ2v) is 6.01. The third kappa shape index (κ3) is 2.89. The van der Waals surface area contributed by atoms with Crippen molar-refractivity contribution in [3.8, 4) is 0 Å². The molecule has 0 aliphatic rings. The molecule has 2 aromatic rings.